The Morgan fingerprint density at radius 3 is 2.51 bits per heavy atom. The van der Waals surface area contributed by atoms with E-state index < -0.39 is 30.4 Å². The highest BCUT2D eigenvalue weighted by molar-refractivity contribution is 5.86. The van der Waals surface area contributed by atoms with Crippen molar-refractivity contribution in [1.29, 1.82) is 0 Å². The molecule has 10 heteroatoms. The molecule has 1 saturated carbocycles. The summed E-state index contributed by atoms with van der Waals surface area (Å²) in [5, 5.41) is 22.9. The molecule has 184 valence electrons. The number of urea groups is 1. The molecule has 0 saturated heterocycles. The van der Waals surface area contributed by atoms with Crippen molar-refractivity contribution in [2.45, 2.75) is 56.9 Å². The monoisotopic (exact) mass is 481 g/mol. The minimum Gasteiger partial charge on any atom is -0.481 e. The molecule has 2 aromatic carbocycles. The first kappa shape index (κ1) is 24.2. The van der Waals surface area contributed by atoms with Crippen molar-refractivity contribution < 1.29 is 33.8 Å². The molecule has 4 N–H and O–H groups in total. The van der Waals surface area contributed by atoms with Gasteiger partial charge in [-0.25, -0.2) is 14.6 Å². The van der Waals surface area contributed by atoms with Gasteiger partial charge in [0.2, 0.25) is 5.89 Å². The van der Waals surface area contributed by atoms with Crippen LogP contribution in [0.25, 0.3) is 22.6 Å². The molecule has 35 heavy (non-hydrogen) atoms. The predicted molar refractivity (Wildman–Crippen MR) is 126 cm³/mol. The smallest absolute Gasteiger partial charge is 0.326 e. The second kappa shape index (κ2) is 11.0. The predicted octanol–water partition coefficient (Wildman–Crippen LogP) is 3.55. The number of rotatable bonds is 9. The maximum atomic E-state index is 12.3. The van der Waals surface area contributed by atoms with Gasteiger partial charge >= 0.3 is 18.0 Å². The molecule has 3 atom stereocenters. The summed E-state index contributed by atoms with van der Waals surface area (Å²) >= 11 is 0. The van der Waals surface area contributed by atoms with Crippen molar-refractivity contribution >= 4 is 29.1 Å². The molecule has 4 rings (SSSR count). The molecule has 3 aromatic rings. The van der Waals surface area contributed by atoms with Crippen LogP contribution in [0.5, 0.6) is 0 Å². The molecule has 1 fully saturated rings. The number of carboxylic acid groups (broad SMARTS) is 2. The number of ether oxygens (including phenoxy) is 1. The normalized spacial score (nSPS) is 18.6. The van der Waals surface area contributed by atoms with Crippen molar-refractivity contribution in [2.75, 3.05) is 0 Å². The third-order valence-corrected chi connectivity index (χ3v) is 5.96. The van der Waals surface area contributed by atoms with E-state index in [-0.39, 0.29) is 12.1 Å². The summed E-state index contributed by atoms with van der Waals surface area (Å²) < 4.78 is 11.9. The second-order valence-corrected chi connectivity index (χ2v) is 8.53. The Morgan fingerprint density at radius 1 is 1.06 bits per heavy atom. The van der Waals surface area contributed by atoms with E-state index in [1.165, 1.54) is 0 Å². The number of hydrogen-bond acceptors (Lipinski definition) is 6. The fourth-order valence-corrected chi connectivity index (χ4v) is 4.15. The molecule has 0 aliphatic heterocycles. The van der Waals surface area contributed by atoms with Gasteiger partial charge in [-0.15, -0.1) is 0 Å². The first-order chi connectivity index (χ1) is 16.9. The van der Waals surface area contributed by atoms with Gasteiger partial charge in [-0.3, -0.25) is 4.79 Å². The molecular weight excluding hydrogens is 454 g/mol. The van der Waals surface area contributed by atoms with Crippen LogP contribution in [0.2, 0.25) is 0 Å². The molecule has 1 aromatic heterocycles. The Hall–Kier alpha value is -3.92. The maximum Gasteiger partial charge on any atom is 0.326 e. The lowest BCUT2D eigenvalue weighted by Crippen LogP contribution is -2.53. The number of amides is 2. The number of nitrogens with zero attached hydrogens (tertiary/aromatic N) is 1. The minimum atomic E-state index is -1.50. The van der Waals surface area contributed by atoms with E-state index in [0.29, 0.717) is 18.9 Å². The summed E-state index contributed by atoms with van der Waals surface area (Å²) in [6, 6.07) is 12.8. The van der Waals surface area contributed by atoms with Gasteiger partial charge in [0.25, 0.3) is 0 Å². The summed E-state index contributed by atoms with van der Waals surface area (Å²) in [7, 11) is 0. The zero-order valence-corrected chi connectivity index (χ0v) is 19.0. The van der Waals surface area contributed by atoms with Crippen LogP contribution in [0.4, 0.5) is 4.79 Å². The summed E-state index contributed by atoms with van der Waals surface area (Å²) in [6.07, 6.45) is 2.36. The Bertz CT molecular complexity index is 1160. The Labute approximate surface area is 201 Å². The van der Waals surface area contributed by atoms with Crippen LogP contribution in [-0.4, -0.2) is 51.4 Å². The number of para-hydroxylation sites is 2. The molecule has 2 amide bonds. The van der Waals surface area contributed by atoms with E-state index in [4.69, 9.17) is 19.4 Å². The summed E-state index contributed by atoms with van der Waals surface area (Å²) in [5.74, 6) is -2.16. The van der Waals surface area contributed by atoms with Crippen LogP contribution < -0.4 is 10.6 Å². The molecule has 1 aliphatic carbocycles. The molecular formula is C25H27N3O7. The van der Waals surface area contributed by atoms with Gasteiger partial charge < -0.3 is 30.0 Å². The summed E-state index contributed by atoms with van der Waals surface area (Å²) in [6.45, 7) is 0.342. The van der Waals surface area contributed by atoms with Crippen LogP contribution in [0, 0.1) is 0 Å². The number of aromatic nitrogens is 1. The third-order valence-electron chi connectivity index (χ3n) is 5.96. The molecule has 0 radical (unpaired) electrons. The first-order valence-corrected chi connectivity index (χ1v) is 11.5. The van der Waals surface area contributed by atoms with E-state index in [9.17, 15) is 14.4 Å². The maximum absolute atomic E-state index is 12.3. The van der Waals surface area contributed by atoms with Crippen molar-refractivity contribution in [2.24, 2.45) is 0 Å². The van der Waals surface area contributed by atoms with E-state index in [2.05, 4.69) is 15.6 Å². The van der Waals surface area contributed by atoms with Gasteiger partial charge in [-0.2, -0.15) is 0 Å². The SMILES string of the molecule is O=C(O)CC(NC(=O)NC1CCCC[C@@H]1OCc1ccc(-c2nc3ccccc3o2)cc1)C(=O)O. The van der Waals surface area contributed by atoms with E-state index in [1.807, 2.05) is 48.5 Å². The van der Waals surface area contributed by atoms with Gasteiger partial charge in [0, 0.05) is 5.56 Å². The number of fused-ring (bicyclic) bond motifs is 1. The third kappa shape index (κ3) is 6.36. The van der Waals surface area contributed by atoms with Crippen molar-refractivity contribution in [1.82, 2.24) is 15.6 Å². The molecule has 10 nitrogen and oxygen atoms in total. The number of aliphatic carboxylic acids is 2. The topological polar surface area (TPSA) is 151 Å². The van der Waals surface area contributed by atoms with E-state index in [0.717, 1.165) is 41.5 Å². The lowest BCUT2D eigenvalue weighted by Gasteiger charge is -2.32. The average molecular weight is 482 g/mol. The molecule has 1 heterocycles. The second-order valence-electron chi connectivity index (χ2n) is 8.53. The lowest BCUT2D eigenvalue weighted by molar-refractivity contribution is -0.145. The fraction of sp³-hybridized carbons (Fsp3) is 0.360. The zero-order chi connectivity index (χ0) is 24.8. The fourth-order valence-electron chi connectivity index (χ4n) is 4.15. The number of carboxylic acids is 2. The van der Waals surface area contributed by atoms with Gasteiger partial charge in [0.05, 0.1) is 25.2 Å². The Balaban J connectivity index is 1.33. The standard InChI is InChI=1S/C25H27N3O7/c29-22(30)13-19(24(31)32)28-25(33)27-17-5-1-3-7-20(17)34-14-15-9-11-16(12-10-15)23-26-18-6-2-4-8-21(18)35-23/h2,4,6,8-12,17,19-20H,1,3,5,7,13-14H2,(H,29,30)(H,31,32)(H2,27,28,33)/t17?,19?,20-/m0/s1. The largest absolute Gasteiger partial charge is 0.481 e. The van der Waals surface area contributed by atoms with Crippen molar-refractivity contribution in [3.8, 4) is 11.5 Å². The quantitative estimate of drug-likeness (QED) is 0.362. The van der Waals surface area contributed by atoms with Crippen LogP contribution >= 0.6 is 0 Å². The van der Waals surface area contributed by atoms with E-state index >= 15 is 0 Å². The van der Waals surface area contributed by atoms with Crippen LogP contribution in [-0.2, 0) is 20.9 Å². The first-order valence-electron chi connectivity index (χ1n) is 11.5. The van der Waals surface area contributed by atoms with Gasteiger partial charge in [0.1, 0.15) is 11.6 Å². The van der Waals surface area contributed by atoms with Crippen molar-refractivity contribution in [3.63, 3.8) is 0 Å². The molecule has 0 bridgehead atoms. The summed E-state index contributed by atoms with van der Waals surface area (Å²) in [5.41, 5.74) is 3.33. The number of hydrogen-bond donors (Lipinski definition) is 4. The lowest BCUT2D eigenvalue weighted by atomic mass is 9.92. The highest BCUT2D eigenvalue weighted by Crippen LogP contribution is 2.26. The van der Waals surface area contributed by atoms with Gasteiger partial charge in [0.15, 0.2) is 5.58 Å². The highest BCUT2D eigenvalue weighted by atomic mass is 16.5. The molecule has 0 spiro atoms. The number of carbonyl (C=O) groups is 3. The van der Waals surface area contributed by atoms with E-state index in [1.54, 1.807) is 0 Å². The Kier molecular flexibility index (Phi) is 7.61. The molecule has 2 unspecified atom stereocenters. The van der Waals surface area contributed by atoms with Crippen LogP contribution in [0.1, 0.15) is 37.7 Å². The highest BCUT2D eigenvalue weighted by Gasteiger charge is 2.29. The number of nitrogens with one attached hydrogen (secondary N) is 2. The van der Waals surface area contributed by atoms with Crippen LogP contribution in [0.15, 0.2) is 52.9 Å². The number of benzene rings is 2. The van der Waals surface area contributed by atoms with Crippen LogP contribution in [0.3, 0.4) is 0 Å². The zero-order valence-electron chi connectivity index (χ0n) is 19.0. The van der Waals surface area contributed by atoms with Gasteiger partial charge in [-0.1, -0.05) is 37.1 Å². The van der Waals surface area contributed by atoms with Crippen molar-refractivity contribution in [3.05, 3.63) is 54.1 Å². The van der Waals surface area contributed by atoms with Gasteiger partial charge in [-0.05, 0) is 42.7 Å². The number of oxazole rings is 1. The average Bonchev–Trinajstić information content (AvgIpc) is 3.27. The number of carbonyl (C=O) groups excluding carboxylic acids is 1. The Morgan fingerprint density at radius 2 is 1.80 bits per heavy atom. The summed E-state index contributed by atoms with van der Waals surface area (Å²) in [4.78, 5) is 38.9. The molecule has 1 aliphatic rings. The minimum absolute atomic E-state index is 0.242.